The molecule has 1 rings (SSSR count). The average molecular weight is 175 g/mol. The van der Waals surface area contributed by atoms with Crippen molar-refractivity contribution in [1.29, 1.82) is 0 Å². The van der Waals surface area contributed by atoms with Gasteiger partial charge in [-0.3, -0.25) is 0 Å². The van der Waals surface area contributed by atoms with Crippen LogP contribution in [0.4, 0.5) is 0 Å². The first-order valence-corrected chi connectivity index (χ1v) is 4.04. The summed E-state index contributed by atoms with van der Waals surface area (Å²) in [6.45, 7) is 2.07. The highest BCUT2D eigenvalue weighted by atomic mass is 35.5. The fourth-order valence-corrected chi connectivity index (χ4v) is 0.896. The smallest absolute Gasteiger partial charge is 0.151 e. The zero-order valence-electron chi connectivity index (χ0n) is 6.66. The van der Waals surface area contributed by atoms with Gasteiger partial charge in [0.05, 0.1) is 0 Å². The SMILES string of the molecule is CC(CCl)Cc1nnnn1C. The number of halogens is 1. The fourth-order valence-electron chi connectivity index (χ4n) is 0.787. The maximum absolute atomic E-state index is 5.64. The summed E-state index contributed by atoms with van der Waals surface area (Å²) in [5, 5.41) is 11.1. The predicted molar refractivity (Wildman–Crippen MR) is 42.4 cm³/mol. The van der Waals surface area contributed by atoms with E-state index in [-0.39, 0.29) is 0 Å². The maximum Gasteiger partial charge on any atom is 0.151 e. The molecule has 62 valence electrons. The van der Waals surface area contributed by atoms with E-state index < -0.39 is 0 Å². The molecule has 0 aromatic carbocycles. The van der Waals surface area contributed by atoms with Crippen LogP contribution in [0.3, 0.4) is 0 Å². The number of alkyl halides is 1. The second-order valence-electron chi connectivity index (χ2n) is 2.68. The molecule has 0 saturated carbocycles. The standard InChI is InChI=1S/C6H11ClN4/c1-5(4-7)3-6-8-9-10-11(6)2/h5H,3-4H2,1-2H3. The fraction of sp³-hybridized carbons (Fsp3) is 0.833. The molecule has 5 heteroatoms. The van der Waals surface area contributed by atoms with Gasteiger partial charge in [-0.15, -0.1) is 16.7 Å². The van der Waals surface area contributed by atoms with E-state index in [2.05, 4.69) is 22.4 Å². The number of rotatable bonds is 3. The van der Waals surface area contributed by atoms with Gasteiger partial charge in [0.25, 0.3) is 0 Å². The van der Waals surface area contributed by atoms with Crippen LogP contribution < -0.4 is 0 Å². The summed E-state index contributed by atoms with van der Waals surface area (Å²) in [7, 11) is 1.83. The lowest BCUT2D eigenvalue weighted by Crippen LogP contribution is -2.07. The lowest BCUT2D eigenvalue weighted by atomic mass is 10.1. The van der Waals surface area contributed by atoms with Crippen molar-refractivity contribution >= 4 is 11.6 Å². The van der Waals surface area contributed by atoms with Gasteiger partial charge in [0.15, 0.2) is 5.82 Å². The first-order chi connectivity index (χ1) is 5.24. The van der Waals surface area contributed by atoms with Crippen molar-refractivity contribution in [1.82, 2.24) is 20.2 Å². The minimum Gasteiger partial charge on any atom is -0.233 e. The van der Waals surface area contributed by atoms with Gasteiger partial charge in [-0.1, -0.05) is 6.92 Å². The maximum atomic E-state index is 5.64. The summed E-state index contributed by atoms with van der Waals surface area (Å²) in [4.78, 5) is 0. The Morgan fingerprint density at radius 1 is 1.64 bits per heavy atom. The van der Waals surface area contributed by atoms with Gasteiger partial charge in [0.2, 0.25) is 0 Å². The minimum absolute atomic E-state index is 0.432. The summed E-state index contributed by atoms with van der Waals surface area (Å²) < 4.78 is 1.67. The number of hydrogen-bond donors (Lipinski definition) is 0. The molecule has 0 aliphatic carbocycles. The Morgan fingerprint density at radius 2 is 2.36 bits per heavy atom. The third kappa shape index (κ3) is 2.15. The molecular formula is C6H11ClN4. The van der Waals surface area contributed by atoms with Crippen molar-refractivity contribution < 1.29 is 0 Å². The lowest BCUT2D eigenvalue weighted by Gasteiger charge is -2.03. The van der Waals surface area contributed by atoms with E-state index >= 15 is 0 Å². The number of aromatic nitrogens is 4. The molecule has 0 radical (unpaired) electrons. The highest BCUT2D eigenvalue weighted by molar-refractivity contribution is 6.18. The number of hydrogen-bond acceptors (Lipinski definition) is 3. The quantitative estimate of drug-likeness (QED) is 0.632. The van der Waals surface area contributed by atoms with Gasteiger partial charge in [-0.25, -0.2) is 4.68 Å². The van der Waals surface area contributed by atoms with Crippen LogP contribution in [-0.2, 0) is 13.5 Å². The Hall–Kier alpha value is -0.640. The third-order valence-corrected chi connectivity index (χ3v) is 2.03. The number of tetrazole rings is 1. The van der Waals surface area contributed by atoms with Gasteiger partial charge >= 0.3 is 0 Å². The highest BCUT2D eigenvalue weighted by Crippen LogP contribution is 2.04. The van der Waals surface area contributed by atoms with E-state index in [1.807, 2.05) is 7.05 Å². The van der Waals surface area contributed by atoms with Crippen molar-refractivity contribution in [2.45, 2.75) is 13.3 Å². The molecule has 0 bridgehead atoms. The van der Waals surface area contributed by atoms with Crippen molar-refractivity contribution in [2.75, 3.05) is 5.88 Å². The van der Waals surface area contributed by atoms with Crippen LogP contribution >= 0.6 is 11.6 Å². The molecule has 1 aromatic heterocycles. The molecule has 0 fully saturated rings. The van der Waals surface area contributed by atoms with E-state index in [1.165, 1.54) is 0 Å². The van der Waals surface area contributed by atoms with Crippen LogP contribution in [-0.4, -0.2) is 26.1 Å². The first kappa shape index (κ1) is 8.46. The minimum atomic E-state index is 0.432. The van der Waals surface area contributed by atoms with Crippen molar-refractivity contribution in [3.63, 3.8) is 0 Å². The molecule has 1 aromatic rings. The van der Waals surface area contributed by atoms with Crippen LogP contribution in [0.1, 0.15) is 12.7 Å². The van der Waals surface area contributed by atoms with Crippen LogP contribution in [0.5, 0.6) is 0 Å². The second-order valence-corrected chi connectivity index (χ2v) is 2.99. The summed E-state index contributed by atoms with van der Waals surface area (Å²) >= 11 is 5.64. The van der Waals surface area contributed by atoms with E-state index in [0.29, 0.717) is 11.8 Å². The Morgan fingerprint density at radius 3 is 2.82 bits per heavy atom. The van der Waals surface area contributed by atoms with Gasteiger partial charge < -0.3 is 0 Å². The molecule has 11 heavy (non-hydrogen) atoms. The Kier molecular flexibility index (Phi) is 2.82. The van der Waals surface area contributed by atoms with Gasteiger partial charge in [-0.05, 0) is 16.3 Å². The van der Waals surface area contributed by atoms with Crippen molar-refractivity contribution in [2.24, 2.45) is 13.0 Å². The van der Waals surface area contributed by atoms with Crippen LogP contribution in [0.2, 0.25) is 0 Å². The highest BCUT2D eigenvalue weighted by Gasteiger charge is 2.06. The lowest BCUT2D eigenvalue weighted by molar-refractivity contribution is 0.588. The Bertz CT molecular complexity index is 222. The first-order valence-electron chi connectivity index (χ1n) is 3.51. The molecule has 1 unspecified atom stereocenters. The van der Waals surface area contributed by atoms with Crippen LogP contribution in [0, 0.1) is 5.92 Å². The molecule has 0 spiro atoms. The zero-order chi connectivity index (χ0) is 8.27. The number of nitrogens with zero attached hydrogens (tertiary/aromatic N) is 4. The zero-order valence-corrected chi connectivity index (χ0v) is 7.41. The summed E-state index contributed by atoms with van der Waals surface area (Å²) in [5.41, 5.74) is 0. The normalized spacial score (nSPS) is 13.4. The third-order valence-electron chi connectivity index (χ3n) is 1.50. The summed E-state index contributed by atoms with van der Waals surface area (Å²) in [6, 6.07) is 0. The van der Waals surface area contributed by atoms with Gasteiger partial charge in [0, 0.05) is 19.3 Å². The second kappa shape index (κ2) is 3.67. The Balaban J connectivity index is 2.56. The molecular weight excluding hydrogens is 164 g/mol. The van der Waals surface area contributed by atoms with Gasteiger partial charge in [-0.2, -0.15) is 0 Å². The van der Waals surface area contributed by atoms with Crippen LogP contribution in [0.15, 0.2) is 0 Å². The van der Waals surface area contributed by atoms with E-state index in [9.17, 15) is 0 Å². The monoisotopic (exact) mass is 174 g/mol. The van der Waals surface area contributed by atoms with Gasteiger partial charge in [0.1, 0.15) is 0 Å². The number of aryl methyl sites for hydroxylation is 1. The molecule has 4 nitrogen and oxygen atoms in total. The Labute approximate surface area is 70.5 Å². The van der Waals surface area contributed by atoms with Crippen LogP contribution in [0.25, 0.3) is 0 Å². The largest absolute Gasteiger partial charge is 0.233 e. The van der Waals surface area contributed by atoms with Crippen molar-refractivity contribution in [3.05, 3.63) is 5.82 Å². The topological polar surface area (TPSA) is 43.6 Å². The molecule has 0 N–H and O–H groups in total. The van der Waals surface area contributed by atoms with Crippen molar-refractivity contribution in [3.8, 4) is 0 Å². The van der Waals surface area contributed by atoms with E-state index in [1.54, 1.807) is 4.68 Å². The molecule has 0 aliphatic rings. The summed E-state index contributed by atoms with van der Waals surface area (Å²) in [6.07, 6.45) is 0.840. The molecule has 0 aliphatic heterocycles. The van der Waals surface area contributed by atoms with E-state index in [0.717, 1.165) is 12.2 Å². The average Bonchev–Trinajstić information content (AvgIpc) is 2.37. The summed E-state index contributed by atoms with van der Waals surface area (Å²) in [5.74, 6) is 1.96. The molecule has 0 saturated heterocycles. The molecule has 0 amide bonds. The van der Waals surface area contributed by atoms with E-state index in [4.69, 9.17) is 11.6 Å². The molecule has 1 atom stereocenters. The predicted octanol–water partition coefficient (Wildman–Crippen LogP) is 0.627. The molecule has 1 heterocycles.